The van der Waals surface area contributed by atoms with Crippen molar-refractivity contribution in [1.82, 2.24) is 9.13 Å². The van der Waals surface area contributed by atoms with Gasteiger partial charge in [-0.25, -0.2) is 0 Å². The molecule has 3 aliphatic rings. The molecular weight excluding hydrogens is 669 g/mol. The highest BCUT2D eigenvalue weighted by Gasteiger charge is 2.38. The van der Waals surface area contributed by atoms with Gasteiger partial charge in [0, 0.05) is 38.3 Å². The third kappa shape index (κ3) is 3.57. The van der Waals surface area contributed by atoms with Crippen LogP contribution in [0.25, 0.3) is 66.1 Å². The summed E-state index contributed by atoms with van der Waals surface area (Å²) in [6, 6.07) is 63.2. The Hall–Kier alpha value is -7.04. The minimum atomic E-state index is -0.139. The predicted molar refractivity (Wildman–Crippen MR) is 229 cm³/mol. The fourth-order valence-corrected chi connectivity index (χ4v) is 10.4. The van der Waals surface area contributed by atoms with Crippen LogP contribution in [-0.4, -0.2) is 9.13 Å². The lowest BCUT2D eigenvalue weighted by molar-refractivity contribution is 0.660. The molecule has 1 aliphatic carbocycles. The maximum atomic E-state index is 2.48. The van der Waals surface area contributed by atoms with Crippen LogP contribution in [0.5, 0.6) is 0 Å². The van der Waals surface area contributed by atoms with Gasteiger partial charge in [-0.05, 0) is 95.1 Å². The molecule has 258 valence electrons. The van der Waals surface area contributed by atoms with Crippen LogP contribution >= 0.6 is 0 Å². The summed E-state index contributed by atoms with van der Waals surface area (Å²) in [6.07, 6.45) is 0. The standard InChI is InChI=1S/C51H34N4/c1-51(2)39-27-25-31(52-43-19-7-9-21-45(43)54-41-17-5-3-13-33(41)35-15-11-23-47(52)49(35)54)29-37(39)38-30-32(26-28-40(38)51)53-44-20-8-10-22-46(44)55-42-18-6-4-14-34(42)36-16-12-24-48(53)50(36)55/h3-30H,1-2H3. The van der Waals surface area contributed by atoms with E-state index in [1.165, 1.54) is 111 Å². The first-order valence-electron chi connectivity index (χ1n) is 19.2. The Balaban J connectivity index is 1.03. The second-order valence-electron chi connectivity index (χ2n) is 15.8. The zero-order valence-electron chi connectivity index (χ0n) is 30.5. The SMILES string of the molecule is CC1(C)c2ccc(N3c4ccccc4-n4c5ccccc5c5cccc3c54)cc2-c2cc(N3c4ccccc4-n4c5ccccc5c5cccc3c54)ccc21. The molecule has 0 unspecified atom stereocenters. The number of hydrogen-bond acceptors (Lipinski definition) is 2. The molecule has 13 rings (SSSR count). The van der Waals surface area contributed by atoms with Gasteiger partial charge in [0.25, 0.3) is 0 Å². The number of rotatable bonds is 2. The summed E-state index contributed by atoms with van der Waals surface area (Å²) in [5.41, 5.74) is 19.7. The second-order valence-corrected chi connectivity index (χ2v) is 15.8. The van der Waals surface area contributed by atoms with Gasteiger partial charge in [-0.15, -0.1) is 0 Å². The van der Waals surface area contributed by atoms with Crippen LogP contribution in [0.15, 0.2) is 170 Å². The van der Waals surface area contributed by atoms with Crippen LogP contribution in [0.3, 0.4) is 0 Å². The van der Waals surface area contributed by atoms with Gasteiger partial charge < -0.3 is 18.9 Å². The van der Waals surface area contributed by atoms with E-state index in [9.17, 15) is 0 Å². The van der Waals surface area contributed by atoms with E-state index in [2.05, 4.69) is 203 Å². The molecule has 10 aromatic rings. The van der Waals surface area contributed by atoms with E-state index >= 15 is 0 Å². The van der Waals surface area contributed by atoms with Crippen molar-refractivity contribution >= 4 is 77.7 Å². The molecular formula is C51H34N4. The molecule has 0 spiro atoms. The highest BCUT2D eigenvalue weighted by Crippen LogP contribution is 2.56. The minimum Gasteiger partial charge on any atom is -0.306 e. The lowest BCUT2D eigenvalue weighted by Gasteiger charge is -2.33. The largest absolute Gasteiger partial charge is 0.306 e. The lowest BCUT2D eigenvalue weighted by Crippen LogP contribution is -2.19. The Bertz CT molecular complexity index is 3100. The van der Waals surface area contributed by atoms with Crippen LogP contribution < -0.4 is 9.80 Å². The quantitative estimate of drug-likeness (QED) is 0.178. The van der Waals surface area contributed by atoms with Crippen molar-refractivity contribution < 1.29 is 0 Å². The molecule has 0 atom stereocenters. The number of fused-ring (bicyclic) bond motifs is 13. The molecule has 0 saturated heterocycles. The molecule has 0 radical (unpaired) electrons. The van der Waals surface area contributed by atoms with E-state index in [4.69, 9.17) is 0 Å². The molecule has 4 nitrogen and oxygen atoms in total. The number of anilines is 6. The molecule has 0 fully saturated rings. The van der Waals surface area contributed by atoms with Crippen molar-refractivity contribution in [2.75, 3.05) is 9.80 Å². The highest BCUT2D eigenvalue weighted by molar-refractivity contribution is 6.18. The summed E-state index contributed by atoms with van der Waals surface area (Å²) in [4.78, 5) is 4.96. The molecule has 4 heteroatoms. The minimum absolute atomic E-state index is 0.139. The third-order valence-electron chi connectivity index (χ3n) is 12.7. The Morgan fingerprint density at radius 1 is 0.345 bits per heavy atom. The van der Waals surface area contributed by atoms with E-state index in [1.54, 1.807) is 0 Å². The Morgan fingerprint density at radius 3 is 1.20 bits per heavy atom. The highest BCUT2D eigenvalue weighted by atomic mass is 15.2. The van der Waals surface area contributed by atoms with Crippen molar-refractivity contribution in [3.05, 3.63) is 181 Å². The average molecular weight is 703 g/mol. The van der Waals surface area contributed by atoms with Crippen molar-refractivity contribution in [3.8, 4) is 22.5 Å². The van der Waals surface area contributed by atoms with Gasteiger partial charge in [0.2, 0.25) is 0 Å². The van der Waals surface area contributed by atoms with E-state index in [0.717, 1.165) is 0 Å². The maximum Gasteiger partial charge on any atom is 0.0783 e. The molecule has 0 amide bonds. The number of para-hydroxylation sites is 8. The summed E-state index contributed by atoms with van der Waals surface area (Å²) in [5.74, 6) is 0. The first-order valence-corrected chi connectivity index (χ1v) is 19.2. The topological polar surface area (TPSA) is 16.3 Å². The summed E-state index contributed by atoms with van der Waals surface area (Å²) in [7, 11) is 0. The monoisotopic (exact) mass is 702 g/mol. The van der Waals surface area contributed by atoms with Crippen LogP contribution in [0.1, 0.15) is 25.0 Å². The van der Waals surface area contributed by atoms with E-state index in [1.807, 2.05) is 0 Å². The van der Waals surface area contributed by atoms with Crippen LogP contribution in [-0.2, 0) is 5.41 Å². The zero-order valence-corrected chi connectivity index (χ0v) is 30.5. The predicted octanol–water partition coefficient (Wildman–Crippen LogP) is 13.8. The van der Waals surface area contributed by atoms with Crippen LogP contribution in [0.4, 0.5) is 34.1 Å². The molecule has 0 bridgehead atoms. The Morgan fingerprint density at radius 2 is 0.727 bits per heavy atom. The van der Waals surface area contributed by atoms with Crippen molar-refractivity contribution in [1.29, 1.82) is 0 Å². The van der Waals surface area contributed by atoms with Gasteiger partial charge in [-0.2, -0.15) is 0 Å². The number of nitrogens with zero attached hydrogens (tertiary/aromatic N) is 4. The molecule has 2 aliphatic heterocycles. The van der Waals surface area contributed by atoms with E-state index in [0.29, 0.717) is 0 Å². The van der Waals surface area contributed by atoms with Gasteiger partial charge >= 0.3 is 0 Å². The number of benzene rings is 8. The molecule has 2 aromatic heterocycles. The Kier molecular flexibility index (Phi) is 5.42. The normalized spacial score (nSPS) is 14.4. The summed E-state index contributed by atoms with van der Waals surface area (Å²) < 4.78 is 4.92. The van der Waals surface area contributed by atoms with Gasteiger partial charge in [-0.3, -0.25) is 0 Å². The zero-order chi connectivity index (χ0) is 36.2. The van der Waals surface area contributed by atoms with E-state index in [-0.39, 0.29) is 5.41 Å². The van der Waals surface area contributed by atoms with Gasteiger partial charge in [0.15, 0.2) is 0 Å². The van der Waals surface area contributed by atoms with Crippen LogP contribution in [0, 0.1) is 0 Å². The molecule has 8 aromatic carbocycles. The summed E-state index contributed by atoms with van der Waals surface area (Å²) in [5, 5.41) is 5.12. The van der Waals surface area contributed by atoms with Crippen molar-refractivity contribution in [2.45, 2.75) is 19.3 Å². The van der Waals surface area contributed by atoms with Crippen molar-refractivity contribution in [2.24, 2.45) is 0 Å². The molecule has 0 N–H and O–H groups in total. The first kappa shape index (κ1) is 29.4. The average Bonchev–Trinajstić information content (AvgIpc) is 3.83. The van der Waals surface area contributed by atoms with Gasteiger partial charge in [0.05, 0.1) is 56.2 Å². The molecule has 55 heavy (non-hydrogen) atoms. The lowest BCUT2D eigenvalue weighted by atomic mass is 9.82. The first-order chi connectivity index (χ1) is 27.1. The number of hydrogen-bond donors (Lipinski definition) is 0. The van der Waals surface area contributed by atoms with Gasteiger partial charge in [0.1, 0.15) is 0 Å². The van der Waals surface area contributed by atoms with Crippen molar-refractivity contribution in [3.63, 3.8) is 0 Å². The smallest absolute Gasteiger partial charge is 0.0783 e. The number of aromatic nitrogens is 2. The van der Waals surface area contributed by atoms with Gasteiger partial charge in [-0.1, -0.05) is 111 Å². The Labute approximate surface area is 318 Å². The fourth-order valence-electron chi connectivity index (χ4n) is 10.4. The maximum absolute atomic E-state index is 2.48. The fraction of sp³-hybridized carbons (Fsp3) is 0.0588. The third-order valence-corrected chi connectivity index (χ3v) is 12.7. The summed E-state index contributed by atoms with van der Waals surface area (Å²) >= 11 is 0. The van der Waals surface area contributed by atoms with Crippen LogP contribution in [0.2, 0.25) is 0 Å². The van der Waals surface area contributed by atoms with E-state index < -0.39 is 0 Å². The molecule has 0 saturated carbocycles. The summed E-state index contributed by atoms with van der Waals surface area (Å²) in [6.45, 7) is 4.75. The second kappa shape index (κ2) is 10.1. The molecule has 4 heterocycles.